The number of likely N-dealkylation sites (tertiary alicyclic amines) is 1. The Morgan fingerprint density at radius 1 is 1.12 bits per heavy atom. The zero-order valence-electron chi connectivity index (χ0n) is 27.9. The minimum atomic E-state index is -1.06. The summed E-state index contributed by atoms with van der Waals surface area (Å²) >= 11 is 0. The molecule has 1 saturated heterocycles. The summed E-state index contributed by atoms with van der Waals surface area (Å²) in [5.74, 6) is 6.05. The summed E-state index contributed by atoms with van der Waals surface area (Å²) in [5, 5.41) is 31.2. The number of aromatic nitrogens is 3. The van der Waals surface area contributed by atoms with E-state index in [9.17, 15) is 24.7 Å². The van der Waals surface area contributed by atoms with Gasteiger partial charge in [-0.25, -0.2) is 9.48 Å². The monoisotopic (exact) mass is 670 g/mol. The van der Waals surface area contributed by atoms with Crippen molar-refractivity contribution in [3.8, 4) is 28.8 Å². The number of hydrogen-bond acceptors (Lipinski definition) is 9. The van der Waals surface area contributed by atoms with E-state index in [1.807, 2.05) is 41.2 Å². The molecule has 2 aliphatic heterocycles. The Kier molecular flexibility index (Phi) is 10.4. The zero-order valence-corrected chi connectivity index (χ0v) is 27.9. The molecule has 1 N–H and O–H groups in total. The Bertz CT molecular complexity index is 1750. The van der Waals surface area contributed by atoms with Gasteiger partial charge in [0.15, 0.2) is 6.17 Å². The van der Waals surface area contributed by atoms with Gasteiger partial charge in [0.05, 0.1) is 52.6 Å². The molecule has 0 spiro atoms. The summed E-state index contributed by atoms with van der Waals surface area (Å²) in [4.78, 5) is 41.1. The van der Waals surface area contributed by atoms with Crippen molar-refractivity contribution in [2.24, 2.45) is 0 Å². The molecule has 0 radical (unpaired) electrons. The number of methoxy groups -OCH3 is 1. The van der Waals surface area contributed by atoms with Crippen molar-refractivity contribution in [2.75, 3.05) is 40.5 Å². The number of carbonyl (C=O) groups is 3. The van der Waals surface area contributed by atoms with Crippen LogP contribution >= 0.6 is 0 Å². The van der Waals surface area contributed by atoms with Crippen molar-refractivity contribution < 1.29 is 33.6 Å². The van der Waals surface area contributed by atoms with Crippen LogP contribution < -0.4 is 4.74 Å². The molecule has 2 aromatic carbocycles. The van der Waals surface area contributed by atoms with Gasteiger partial charge in [-0.15, -0.1) is 5.10 Å². The predicted octanol–water partition coefficient (Wildman–Crippen LogP) is 3.26. The number of benzene rings is 2. The number of nitrogens with zero attached hydrogens (tertiary/aromatic N) is 6. The van der Waals surface area contributed by atoms with Gasteiger partial charge in [0.1, 0.15) is 18.1 Å². The maximum Gasteiger partial charge on any atom is 0.315 e. The number of quaternary nitrogens is 1. The first kappa shape index (κ1) is 34.3. The third kappa shape index (κ3) is 7.23. The lowest BCUT2D eigenvalue weighted by Gasteiger charge is -2.41. The summed E-state index contributed by atoms with van der Waals surface area (Å²) in [5.41, 5.74) is 3.72. The minimum absolute atomic E-state index is 0.00348. The van der Waals surface area contributed by atoms with Gasteiger partial charge in [0.25, 0.3) is 5.91 Å². The molecule has 49 heavy (non-hydrogen) atoms. The summed E-state index contributed by atoms with van der Waals surface area (Å²) in [6.45, 7) is 0.750. The lowest BCUT2D eigenvalue weighted by Crippen LogP contribution is -2.54. The molecule has 1 aliphatic carbocycles. The lowest BCUT2D eigenvalue weighted by atomic mass is 9.90. The van der Waals surface area contributed by atoms with E-state index < -0.39 is 23.3 Å². The Morgan fingerprint density at radius 2 is 1.92 bits per heavy atom. The minimum Gasteiger partial charge on any atom is -0.624 e. The van der Waals surface area contributed by atoms with E-state index >= 15 is 0 Å². The van der Waals surface area contributed by atoms with Crippen LogP contribution in [0, 0.1) is 17.0 Å². The highest BCUT2D eigenvalue weighted by molar-refractivity contribution is 5.99. The van der Waals surface area contributed by atoms with Crippen molar-refractivity contribution in [1.29, 1.82) is 0 Å². The van der Waals surface area contributed by atoms with E-state index in [4.69, 9.17) is 9.47 Å². The fourth-order valence-electron chi connectivity index (χ4n) is 7.17. The highest BCUT2D eigenvalue weighted by atomic mass is 16.6. The second kappa shape index (κ2) is 14.9. The molecule has 3 aliphatic rings. The van der Waals surface area contributed by atoms with E-state index in [1.54, 1.807) is 24.1 Å². The van der Waals surface area contributed by atoms with Gasteiger partial charge in [0, 0.05) is 47.7 Å². The van der Waals surface area contributed by atoms with Crippen molar-refractivity contribution in [1.82, 2.24) is 24.8 Å². The molecule has 13 nitrogen and oxygen atoms in total. The van der Waals surface area contributed by atoms with Crippen molar-refractivity contribution >= 4 is 17.7 Å². The first-order valence-electron chi connectivity index (χ1n) is 16.8. The standard InChI is InChI=1S/C36H42N6O7/c1-42(47)33(16-17-35(42)45)40-22-31-25(8-6-11-30(31)36(40)46)7-3-4-19-49-20-18-39(34(44)24-43)27-12-14-28(15-13-27)41-23-32(37-38-41)26-9-5-10-29(21-26)48-2/h5-6,8-11,21,23,27-28,33,43H,4,12-20,22,24H2,1-2H3. The quantitative estimate of drug-likeness (QED) is 0.140. The highest BCUT2D eigenvalue weighted by Gasteiger charge is 2.47. The van der Waals surface area contributed by atoms with E-state index in [-0.39, 0.29) is 36.9 Å². The van der Waals surface area contributed by atoms with Crippen molar-refractivity contribution in [2.45, 2.75) is 69.7 Å². The fraction of sp³-hybridized carbons (Fsp3) is 0.472. The van der Waals surface area contributed by atoms with Crippen molar-refractivity contribution in [3.63, 3.8) is 0 Å². The number of rotatable bonds is 11. The van der Waals surface area contributed by atoms with Gasteiger partial charge in [-0.3, -0.25) is 19.1 Å². The number of aliphatic hydroxyl groups is 1. The molecule has 2 unspecified atom stereocenters. The molecular weight excluding hydrogens is 628 g/mol. The van der Waals surface area contributed by atoms with Crippen molar-refractivity contribution in [3.05, 3.63) is 70.6 Å². The number of ether oxygens (including phenoxy) is 2. The van der Waals surface area contributed by atoms with Crippen LogP contribution in [0.3, 0.4) is 0 Å². The Balaban J connectivity index is 0.969. The number of fused-ring (bicyclic) bond motifs is 1. The Labute approximate surface area is 285 Å². The Morgan fingerprint density at radius 3 is 2.65 bits per heavy atom. The molecule has 3 heterocycles. The molecule has 6 rings (SSSR count). The first-order valence-corrected chi connectivity index (χ1v) is 16.8. The normalized spacial score (nSPS) is 23.3. The predicted molar refractivity (Wildman–Crippen MR) is 178 cm³/mol. The number of hydrogen-bond donors (Lipinski definition) is 1. The summed E-state index contributed by atoms with van der Waals surface area (Å²) in [7, 11) is 2.95. The molecule has 2 fully saturated rings. The smallest absolute Gasteiger partial charge is 0.315 e. The third-order valence-corrected chi connectivity index (χ3v) is 9.92. The van der Waals surface area contributed by atoms with E-state index in [0.717, 1.165) is 53.8 Å². The van der Waals surface area contributed by atoms with E-state index in [1.165, 1.54) is 11.9 Å². The second-order valence-corrected chi connectivity index (χ2v) is 12.9. The van der Waals surface area contributed by atoms with Crippen LogP contribution in [0.1, 0.15) is 72.5 Å². The van der Waals surface area contributed by atoms with Gasteiger partial charge in [0.2, 0.25) is 5.91 Å². The van der Waals surface area contributed by atoms with E-state index in [0.29, 0.717) is 38.2 Å². The molecule has 3 aromatic rings. The van der Waals surface area contributed by atoms with Gasteiger partial charge >= 0.3 is 5.91 Å². The molecule has 0 bridgehead atoms. The topological polar surface area (TPSA) is 150 Å². The van der Waals surface area contributed by atoms with Gasteiger partial charge < -0.3 is 24.7 Å². The average Bonchev–Trinajstić information content (AvgIpc) is 3.82. The summed E-state index contributed by atoms with van der Waals surface area (Å²) < 4.78 is 12.0. The molecular formula is C36H42N6O7. The number of amides is 3. The van der Waals surface area contributed by atoms with Crippen LogP contribution in [-0.2, 0) is 20.9 Å². The highest BCUT2D eigenvalue weighted by Crippen LogP contribution is 2.35. The molecule has 3 amide bonds. The number of aliphatic hydroxyl groups excluding tert-OH is 1. The van der Waals surface area contributed by atoms with Crippen LogP contribution in [0.25, 0.3) is 11.3 Å². The molecule has 2 atom stereocenters. The fourth-order valence-corrected chi connectivity index (χ4v) is 7.17. The molecule has 13 heteroatoms. The number of carbonyl (C=O) groups excluding carboxylic acids is 3. The van der Waals surface area contributed by atoms with Crippen LogP contribution in [0.4, 0.5) is 0 Å². The van der Waals surface area contributed by atoms with Crippen LogP contribution in [0.2, 0.25) is 0 Å². The van der Waals surface area contributed by atoms with Crippen LogP contribution in [0.5, 0.6) is 5.75 Å². The summed E-state index contributed by atoms with van der Waals surface area (Å²) in [6, 6.07) is 13.2. The maximum atomic E-state index is 13.1. The summed E-state index contributed by atoms with van der Waals surface area (Å²) in [6.07, 6.45) is 5.42. The van der Waals surface area contributed by atoms with Crippen LogP contribution in [0.15, 0.2) is 48.7 Å². The van der Waals surface area contributed by atoms with E-state index in [2.05, 4.69) is 22.2 Å². The molecule has 1 saturated carbocycles. The first-order chi connectivity index (χ1) is 23.7. The van der Waals surface area contributed by atoms with Crippen LogP contribution in [-0.4, -0.2) is 105 Å². The SMILES string of the molecule is COc1cccc(-c2cn(C3CCC(N(CCOCCC#Cc4cccc5c4CN(C4CCC(=O)[N+]4(C)[O-])C5=O)C(=O)CO)CC3)nn2)c1. The maximum absolute atomic E-state index is 13.1. The van der Waals surface area contributed by atoms with Gasteiger partial charge in [-0.1, -0.05) is 35.3 Å². The second-order valence-electron chi connectivity index (χ2n) is 12.9. The number of hydroxylamine groups is 3. The zero-order chi connectivity index (χ0) is 34.5. The lowest BCUT2D eigenvalue weighted by molar-refractivity contribution is -0.813. The van der Waals surface area contributed by atoms with Gasteiger partial charge in [-0.2, -0.15) is 0 Å². The molecule has 1 aromatic heterocycles. The Hall–Kier alpha value is -4.61. The van der Waals surface area contributed by atoms with Gasteiger partial charge in [-0.05, 0) is 49.9 Å². The third-order valence-electron chi connectivity index (χ3n) is 9.92. The molecule has 258 valence electrons. The largest absolute Gasteiger partial charge is 0.624 e. The average molecular weight is 671 g/mol.